The predicted molar refractivity (Wildman–Crippen MR) is 79.8 cm³/mol. The predicted octanol–water partition coefficient (Wildman–Crippen LogP) is 2.06. The van der Waals surface area contributed by atoms with Gasteiger partial charge in [-0.1, -0.05) is 13.3 Å². The summed E-state index contributed by atoms with van der Waals surface area (Å²) >= 11 is 0. The van der Waals surface area contributed by atoms with Crippen LogP contribution in [-0.4, -0.2) is 37.8 Å². The zero-order valence-electron chi connectivity index (χ0n) is 12.1. The van der Waals surface area contributed by atoms with Crippen molar-refractivity contribution in [3.63, 3.8) is 0 Å². The summed E-state index contributed by atoms with van der Waals surface area (Å²) in [4.78, 5) is 10.3. The summed E-state index contributed by atoms with van der Waals surface area (Å²) in [5.74, 6) is 0.385. The maximum Gasteiger partial charge on any atom is 0.271 e. The summed E-state index contributed by atoms with van der Waals surface area (Å²) in [6, 6.07) is 3.78. The van der Waals surface area contributed by atoms with Gasteiger partial charge in [0.15, 0.2) is 0 Å². The molecule has 1 N–H and O–H groups in total. The number of benzene rings is 1. The van der Waals surface area contributed by atoms with Crippen LogP contribution in [0.15, 0.2) is 23.1 Å². The molecule has 7 nitrogen and oxygen atoms in total. The van der Waals surface area contributed by atoms with E-state index in [1.54, 1.807) is 7.05 Å². The number of sulfonamides is 1. The molecule has 0 amide bonds. The lowest BCUT2D eigenvalue weighted by Gasteiger charge is -2.18. The number of nitrogens with one attached hydrogen (secondary N) is 1. The number of hydrogen-bond acceptors (Lipinski definition) is 5. The van der Waals surface area contributed by atoms with Crippen LogP contribution in [-0.2, 0) is 10.0 Å². The van der Waals surface area contributed by atoms with Crippen LogP contribution in [0.2, 0.25) is 0 Å². The molecule has 1 aromatic carbocycles. The summed E-state index contributed by atoms with van der Waals surface area (Å²) in [7, 11) is -2.07. The van der Waals surface area contributed by atoms with Crippen LogP contribution in [0.1, 0.15) is 19.8 Å². The first-order valence-electron chi connectivity index (χ1n) is 6.86. The molecule has 2 rings (SSSR count). The van der Waals surface area contributed by atoms with E-state index in [9.17, 15) is 18.5 Å². The van der Waals surface area contributed by atoms with E-state index in [0.717, 1.165) is 12.8 Å². The van der Waals surface area contributed by atoms with Gasteiger partial charge < -0.3 is 5.32 Å². The zero-order valence-corrected chi connectivity index (χ0v) is 12.9. The molecule has 0 spiro atoms. The van der Waals surface area contributed by atoms with Gasteiger partial charge in [0.25, 0.3) is 5.69 Å². The smallest absolute Gasteiger partial charge is 0.271 e. The molecular formula is C13H19N3O4S. The number of hydrogen-bond donors (Lipinski definition) is 1. The molecule has 1 saturated heterocycles. The summed E-state index contributed by atoms with van der Waals surface area (Å²) in [5.41, 5.74) is 0.121. The Morgan fingerprint density at radius 2 is 2.19 bits per heavy atom. The normalized spacial score (nSPS) is 19.6. The quantitative estimate of drug-likeness (QED) is 0.663. The topological polar surface area (TPSA) is 92.5 Å². The molecule has 1 aromatic rings. The minimum atomic E-state index is -3.62. The fourth-order valence-corrected chi connectivity index (χ4v) is 4.25. The first-order valence-corrected chi connectivity index (χ1v) is 8.30. The molecule has 1 fully saturated rings. The average Bonchev–Trinajstić information content (AvgIpc) is 2.96. The third-order valence-electron chi connectivity index (χ3n) is 3.89. The number of rotatable bonds is 5. The molecule has 0 bridgehead atoms. The van der Waals surface area contributed by atoms with Gasteiger partial charge in [-0.25, -0.2) is 8.42 Å². The zero-order chi connectivity index (χ0) is 15.6. The van der Waals surface area contributed by atoms with Crippen LogP contribution in [0.4, 0.5) is 11.4 Å². The second-order valence-corrected chi connectivity index (χ2v) is 7.02. The molecule has 0 saturated carbocycles. The Balaban J connectivity index is 2.38. The van der Waals surface area contributed by atoms with Crippen LogP contribution in [0, 0.1) is 16.0 Å². The number of nitro benzene ring substituents is 1. The number of nitro groups is 1. The highest BCUT2D eigenvalue weighted by atomic mass is 32.2. The SMILES string of the molecule is CCC1CCN(S(=O)(=O)c2ccc([N+](=O)[O-])cc2NC)C1. The van der Waals surface area contributed by atoms with Gasteiger partial charge in [-0.2, -0.15) is 4.31 Å². The van der Waals surface area contributed by atoms with Crippen molar-refractivity contribution in [3.8, 4) is 0 Å². The van der Waals surface area contributed by atoms with Crippen LogP contribution < -0.4 is 5.32 Å². The van der Waals surface area contributed by atoms with Gasteiger partial charge in [0.05, 0.1) is 10.6 Å². The van der Waals surface area contributed by atoms with Crippen molar-refractivity contribution in [2.45, 2.75) is 24.7 Å². The number of nitrogens with zero attached hydrogens (tertiary/aromatic N) is 2. The molecule has 1 unspecified atom stereocenters. The second kappa shape index (κ2) is 5.98. The van der Waals surface area contributed by atoms with E-state index in [2.05, 4.69) is 5.32 Å². The number of non-ortho nitro benzene ring substituents is 1. The maximum atomic E-state index is 12.7. The third kappa shape index (κ3) is 3.01. The van der Waals surface area contributed by atoms with Crippen molar-refractivity contribution < 1.29 is 13.3 Å². The molecule has 21 heavy (non-hydrogen) atoms. The fourth-order valence-electron chi connectivity index (χ4n) is 2.54. The first-order chi connectivity index (χ1) is 9.90. The minimum Gasteiger partial charge on any atom is -0.387 e. The maximum absolute atomic E-state index is 12.7. The van der Waals surface area contributed by atoms with Crippen LogP contribution in [0.5, 0.6) is 0 Å². The molecule has 1 aliphatic heterocycles. The van der Waals surface area contributed by atoms with Gasteiger partial charge in [0, 0.05) is 32.3 Å². The van der Waals surface area contributed by atoms with Crippen LogP contribution in [0.3, 0.4) is 0 Å². The molecule has 0 radical (unpaired) electrons. The largest absolute Gasteiger partial charge is 0.387 e. The summed E-state index contributed by atoms with van der Waals surface area (Å²) in [5, 5.41) is 13.5. The monoisotopic (exact) mass is 313 g/mol. The molecule has 116 valence electrons. The highest BCUT2D eigenvalue weighted by Gasteiger charge is 2.33. The fraction of sp³-hybridized carbons (Fsp3) is 0.538. The van der Waals surface area contributed by atoms with Gasteiger partial charge in [-0.05, 0) is 18.4 Å². The summed E-state index contributed by atoms with van der Waals surface area (Å²) in [6.07, 6.45) is 1.81. The first kappa shape index (κ1) is 15.7. The third-order valence-corrected chi connectivity index (χ3v) is 5.81. The Bertz CT molecular complexity index is 645. The van der Waals surface area contributed by atoms with Crippen molar-refractivity contribution in [3.05, 3.63) is 28.3 Å². The second-order valence-electron chi connectivity index (χ2n) is 5.11. The van der Waals surface area contributed by atoms with Crippen molar-refractivity contribution in [1.82, 2.24) is 4.31 Å². The van der Waals surface area contributed by atoms with Crippen molar-refractivity contribution in [1.29, 1.82) is 0 Å². The Morgan fingerprint density at radius 3 is 2.71 bits per heavy atom. The molecule has 1 atom stereocenters. The van der Waals surface area contributed by atoms with Crippen molar-refractivity contribution >= 4 is 21.4 Å². The molecule has 1 heterocycles. The van der Waals surface area contributed by atoms with E-state index in [4.69, 9.17) is 0 Å². The van der Waals surface area contributed by atoms with E-state index in [1.165, 1.54) is 22.5 Å². The number of anilines is 1. The summed E-state index contributed by atoms with van der Waals surface area (Å²) in [6.45, 7) is 3.06. The molecule has 0 aliphatic carbocycles. The minimum absolute atomic E-state index is 0.0901. The highest BCUT2D eigenvalue weighted by Crippen LogP contribution is 2.31. The lowest BCUT2D eigenvalue weighted by Crippen LogP contribution is -2.29. The van der Waals surface area contributed by atoms with E-state index in [0.29, 0.717) is 19.0 Å². The van der Waals surface area contributed by atoms with E-state index < -0.39 is 14.9 Å². The molecule has 8 heteroatoms. The van der Waals surface area contributed by atoms with Gasteiger partial charge in [-0.3, -0.25) is 10.1 Å². The molecule has 0 aromatic heterocycles. The molecule has 1 aliphatic rings. The average molecular weight is 313 g/mol. The highest BCUT2D eigenvalue weighted by molar-refractivity contribution is 7.89. The van der Waals surface area contributed by atoms with Gasteiger partial charge >= 0.3 is 0 Å². The Kier molecular flexibility index (Phi) is 4.48. The Hall–Kier alpha value is -1.67. The summed E-state index contributed by atoms with van der Waals surface area (Å²) < 4.78 is 26.8. The Labute approximate surface area is 124 Å². The van der Waals surface area contributed by atoms with Gasteiger partial charge in [-0.15, -0.1) is 0 Å². The van der Waals surface area contributed by atoms with E-state index in [-0.39, 0.29) is 16.3 Å². The lowest BCUT2D eigenvalue weighted by molar-refractivity contribution is -0.384. The van der Waals surface area contributed by atoms with Crippen LogP contribution >= 0.6 is 0 Å². The van der Waals surface area contributed by atoms with E-state index in [1.807, 2.05) is 6.92 Å². The Morgan fingerprint density at radius 1 is 1.48 bits per heavy atom. The van der Waals surface area contributed by atoms with Gasteiger partial charge in [0.1, 0.15) is 4.90 Å². The van der Waals surface area contributed by atoms with Crippen LogP contribution in [0.25, 0.3) is 0 Å². The van der Waals surface area contributed by atoms with E-state index >= 15 is 0 Å². The molecular weight excluding hydrogens is 294 g/mol. The van der Waals surface area contributed by atoms with Gasteiger partial charge in [0.2, 0.25) is 10.0 Å². The standard InChI is InChI=1S/C13H19N3O4S/c1-3-10-6-7-15(9-10)21(19,20)13-5-4-11(16(17)18)8-12(13)14-2/h4-5,8,10,14H,3,6-7,9H2,1-2H3. The lowest BCUT2D eigenvalue weighted by atomic mass is 10.1. The van der Waals surface area contributed by atoms with Crippen molar-refractivity contribution in [2.75, 3.05) is 25.5 Å². The van der Waals surface area contributed by atoms with Crippen molar-refractivity contribution in [2.24, 2.45) is 5.92 Å².